The van der Waals surface area contributed by atoms with Gasteiger partial charge < -0.3 is 34.5 Å². The molecule has 0 amide bonds. The van der Waals surface area contributed by atoms with Crippen molar-refractivity contribution in [2.24, 2.45) is 0 Å². The van der Waals surface area contributed by atoms with E-state index in [0.717, 1.165) is 41.6 Å². The summed E-state index contributed by atoms with van der Waals surface area (Å²) in [6, 6.07) is 19.3. The largest absolute Gasteiger partial charge is 0.504 e. The van der Waals surface area contributed by atoms with Gasteiger partial charge in [-0.05, 0) is 103 Å². The van der Waals surface area contributed by atoms with Crippen molar-refractivity contribution in [3.63, 3.8) is 0 Å². The molecular formula is C34H32N2O6. The Kier molecular flexibility index (Phi) is 5.69. The van der Waals surface area contributed by atoms with Crippen LogP contribution in [0.3, 0.4) is 0 Å². The molecule has 8 nitrogen and oxygen atoms in total. The molecule has 3 N–H and O–H groups in total. The van der Waals surface area contributed by atoms with Gasteiger partial charge in [0, 0.05) is 24.6 Å². The molecule has 0 saturated carbocycles. The minimum absolute atomic E-state index is 0.0295. The minimum Gasteiger partial charge on any atom is -0.504 e. The predicted molar refractivity (Wildman–Crippen MR) is 156 cm³/mol. The Bertz CT molecular complexity index is 1740. The van der Waals surface area contributed by atoms with Gasteiger partial charge in [0.05, 0.1) is 7.11 Å². The molecule has 214 valence electrons. The fraction of sp³-hybridized carbons (Fsp3) is 0.294. The zero-order chi connectivity index (χ0) is 28.6. The number of nitrogens with one attached hydrogen (secondary N) is 1. The van der Waals surface area contributed by atoms with E-state index in [2.05, 4.69) is 17.4 Å². The molecule has 4 aromatic rings. The number of phenolic OH excluding ortho intramolecular Hbond substituents is 1. The van der Waals surface area contributed by atoms with Gasteiger partial charge in [0.2, 0.25) is 5.75 Å². The lowest BCUT2D eigenvalue weighted by atomic mass is 9.84. The summed E-state index contributed by atoms with van der Waals surface area (Å²) in [6.07, 6.45) is 2.62. The number of rotatable bonds is 1. The quantitative estimate of drug-likeness (QED) is 0.239. The highest BCUT2D eigenvalue weighted by molar-refractivity contribution is 5.68. The number of ether oxygens (including phenoxy) is 4. The maximum Gasteiger partial charge on any atom is 0.212 e. The van der Waals surface area contributed by atoms with Crippen LogP contribution in [0.25, 0.3) is 0 Å². The molecule has 4 aromatic carbocycles. The fourth-order valence-electron chi connectivity index (χ4n) is 6.84. The molecule has 0 unspecified atom stereocenters. The molecule has 42 heavy (non-hydrogen) atoms. The monoisotopic (exact) mass is 564 g/mol. The first-order valence-electron chi connectivity index (χ1n) is 14.4. The highest BCUT2D eigenvalue weighted by Crippen LogP contribution is 2.57. The molecule has 0 saturated heterocycles. The molecule has 0 aromatic heterocycles. The lowest BCUT2D eigenvalue weighted by molar-refractivity contribution is -0.110. The number of aliphatic hydroxyl groups is 1. The Morgan fingerprint density at radius 2 is 1.67 bits per heavy atom. The van der Waals surface area contributed by atoms with Crippen LogP contribution < -0.4 is 24.3 Å². The van der Waals surface area contributed by atoms with E-state index in [1.807, 2.05) is 54.4 Å². The number of phenols is 1. The Hall–Kier alpha value is -4.24. The van der Waals surface area contributed by atoms with Crippen LogP contribution in [0.2, 0.25) is 0 Å². The third-order valence-corrected chi connectivity index (χ3v) is 9.11. The van der Waals surface area contributed by atoms with Crippen LogP contribution in [0, 0.1) is 0 Å². The average Bonchev–Trinajstić information content (AvgIpc) is 2.99. The van der Waals surface area contributed by atoms with E-state index in [4.69, 9.17) is 18.9 Å². The van der Waals surface area contributed by atoms with Gasteiger partial charge in [-0.2, -0.15) is 0 Å². The standard InChI is InChI=1S/C34H32N2O6/c1-36-12-10-22-16-30(39-2)32-33-31(22)34(36,38)18-19-3-6-23(7-4-19)40-27-14-20(5-8-26(27)37)13-25-24-17-29(42-33)28(41-32)15-21(24)9-11-35-25/h3-8,14-17,25,35,37-38H,9-13,18H2,1-2H3/t25-,34+/m0/s1. The van der Waals surface area contributed by atoms with Crippen LogP contribution in [0.15, 0.2) is 60.7 Å². The molecule has 5 aliphatic heterocycles. The SMILES string of the molecule is COc1cc2c3c4c1Oc1cc5c(cc1O4)[C@H](Cc1ccc(O)c(c1)Oc1ccc(cc1)C[C@]3(O)N(C)CC2)NCC5. The lowest BCUT2D eigenvalue weighted by Crippen LogP contribution is -2.50. The zero-order valence-electron chi connectivity index (χ0n) is 23.6. The summed E-state index contributed by atoms with van der Waals surface area (Å²) in [4.78, 5) is 1.97. The van der Waals surface area contributed by atoms with E-state index in [1.165, 1.54) is 5.56 Å². The number of hydrogen-bond acceptors (Lipinski definition) is 8. The van der Waals surface area contributed by atoms with Gasteiger partial charge in [-0.15, -0.1) is 0 Å². The van der Waals surface area contributed by atoms with Crippen LogP contribution in [-0.4, -0.2) is 42.4 Å². The molecule has 0 radical (unpaired) electrons. The van der Waals surface area contributed by atoms with E-state index in [9.17, 15) is 10.2 Å². The maximum atomic E-state index is 12.5. The van der Waals surface area contributed by atoms with Crippen molar-refractivity contribution in [1.29, 1.82) is 0 Å². The van der Waals surface area contributed by atoms with Crippen LogP contribution in [0.5, 0.6) is 46.0 Å². The maximum absolute atomic E-state index is 12.5. The van der Waals surface area contributed by atoms with E-state index >= 15 is 0 Å². The number of fused-ring (bicyclic) bond motifs is 2. The van der Waals surface area contributed by atoms with Gasteiger partial charge in [0.15, 0.2) is 40.2 Å². The molecule has 8 heteroatoms. The lowest BCUT2D eigenvalue weighted by Gasteiger charge is -2.44. The Morgan fingerprint density at radius 3 is 2.50 bits per heavy atom. The van der Waals surface area contributed by atoms with Gasteiger partial charge in [-0.3, -0.25) is 4.90 Å². The number of likely N-dealkylation sites (N-methyl/N-ethyl adjacent to an activating group) is 1. The summed E-state index contributed by atoms with van der Waals surface area (Å²) in [5.41, 5.74) is 4.62. The second-order valence-electron chi connectivity index (χ2n) is 11.6. The van der Waals surface area contributed by atoms with Gasteiger partial charge in [0.25, 0.3) is 0 Å². The summed E-state index contributed by atoms with van der Waals surface area (Å²) in [5, 5.41) is 26.7. The van der Waals surface area contributed by atoms with Gasteiger partial charge in [0.1, 0.15) is 5.75 Å². The van der Waals surface area contributed by atoms with Crippen LogP contribution >= 0.6 is 0 Å². The molecule has 0 spiro atoms. The predicted octanol–water partition coefficient (Wildman–Crippen LogP) is 5.71. The molecule has 0 fully saturated rings. The average molecular weight is 565 g/mol. The van der Waals surface area contributed by atoms with Crippen molar-refractivity contribution in [2.45, 2.75) is 37.5 Å². The Morgan fingerprint density at radius 1 is 0.881 bits per heavy atom. The molecule has 0 aliphatic carbocycles. The molecule has 5 aliphatic rings. The second kappa shape index (κ2) is 9.39. The highest BCUT2D eigenvalue weighted by atomic mass is 16.6. The number of aromatic hydroxyl groups is 1. The van der Waals surface area contributed by atoms with Crippen molar-refractivity contribution in [2.75, 3.05) is 27.2 Å². The van der Waals surface area contributed by atoms with Gasteiger partial charge in [-0.25, -0.2) is 0 Å². The van der Waals surface area contributed by atoms with E-state index in [-0.39, 0.29) is 11.8 Å². The first-order valence-corrected chi connectivity index (χ1v) is 14.4. The van der Waals surface area contributed by atoms with Crippen molar-refractivity contribution in [3.05, 3.63) is 94.0 Å². The number of methoxy groups -OCH3 is 1. The summed E-state index contributed by atoms with van der Waals surface area (Å²) >= 11 is 0. The fourth-order valence-corrected chi connectivity index (χ4v) is 6.84. The van der Waals surface area contributed by atoms with E-state index < -0.39 is 5.72 Å². The van der Waals surface area contributed by atoms with Gasteiger partial charge >= 0.3 is 0 Å². The third-order valence-electron chi connectivity index (χ3n) is 9.11. The summed E-state index contributed by atoms with van der Waals surface area (Å²) < 4.78 is 25.2. The molecule has 7 bridgehead atoms. The molecule has 5 heterocycles. The second-order valence-corrected chi connectivity index (χ2v) is 11.6. The first kappa shape index (κ1) is 25.5. The molecule has 2 atom stereocenters. The van der Waals surface area contributed by atoms with Crippen molar-refractivity contribution in [1.82, 2.24) is 10.2 Å². The van der Waals surface area contributed by atoms with Crippen LogP contribution in [-0.2, 0) is 31.4 Å². The summed E-state index contributed by atoms with van der Waals surface area (Å²) in [5.74, 6) is 3.92. The minimum atomic E-state index is -1.36. The van der Waals surface area contributed by atoms with E-state index in [0.29, 0.717) is 65.2 Å². The first-order chi connectivity index (χ1) is 20.4. The van der Waals surface area contributed by atoms with Crippen molar-refractivity contribution < 1.29 is 29.2 Å². The molecular weight excluding hydrogens is 532 g/mol. The number of hydrogen-bond donors (Lipinski definition) is 3. The number of benzene rings is 4. The normalized spacial score (nSPS) is 21.9. The molecule has 9 rings (SSSR count). The summed E-state index contributed by atoms with van der Waals surface area (Å²) in [6.45, 7) is 1.50. The van der Waals surface area contributed by atoms with Crippen LogP contribution in [0.1, 0.15) is 39.4 Å². The topological polar surface area (TPSA) is 92.7 Å². The van der Waals surface area contributed by atoms with Gasteiger partial charge in [-0.1, -0.05) is 18.2 Å². The number of nitrogens with zero attached hydrogens (tertiary/aromatic N) is 1. The van der Waals surface area contributed by atoms with Crippen LogP contribution in [0.4, 0.5) is 0 Å². The Labute approximate surface area is 244 Å². The Balaban J connectivity index is 1.35. The third kappa shape index (κ3) is 3.94. The van der Waals surface area contributed by atoms with Crippen molar-refractivity contribution in [3.8, 4) is 46.0 Å². The van der Waals surface area contributed by atoms with E-state index in [1.54, 1.807) is 13.2 Å². The smallest absolute Gasteiger partial charge is 0.212 e. The zero-order valence-corrected chi connectivity index (χ0v) is 23.6. The highest BCUT2D eigenvalue weighted by Gasteiger charge is 2.45. The summed E-state index contributed by atoms with van der Waals surface area (Å²) in [7, 11) is 3.57. The van der Waals surface area contributed by atoms with Crippen molar-refractivity contribution >= 4 is 0 Å².